The van der Waals surface area contributed by atoms with Crippen LogP contribution in [-0.4, -0.2) is 15.0 Å². The summed E-state index contributed by atoms with van der Waals surface area (Å²) in [6.45, 7) is 4.87. The summed E-state index contributed by atoms with van der Waals surface area (Å²) >= 11 is 0. The van der Waals surface area contributed by atoms with Gasteiger partial charge in [0, 0.05) is 25.1 Å². The number of imidazole rings is 1. The Morgan fingerprint density at radius 1 is 1.38 bits per heavy atom. The minimum atomic E-state index is 0.207. The highest BCUT2D eigenvalue weighted by molar-refractivity contribution is 5.12. The van der Waals surface area contributed by atoms with E-state index in [2.05, 4.69) is 33.3 Å². The van der Waals surface area contributed by atoms with Crippen molar-refractivity contribution < 1.29 is 0 Å². The molecule has 0 saturated carbocycles. The molecule has 1 unspecified atom stereocenters. The van der Waals surface area contributed by atoms with Gasteiger partial charge in [0.2, 0.25) is 0 Å². The number of pyridine rings is 1. The molecule has 0 bridgehead atoms. The Hall–Kier alpha value is -1.68. The molecule has 16 heavy (non-hydrogen) atoms. The van der Waals surface area contributed by atoms with Crippen LogP contribution in [0.1, 0.15) is 30.0 Å². The van der Waals surface area contributed by atoms with Gasteiger partial charge in [0.1, 0.15) is 5.82 Å². The Labute approximate surface area is 95.1 Å². The van der Waals surface area contributed by atoms with Crippen molar-refractivity contribution in [2.45, 2.75) is 26.4 Å². The third-order valence-corrected chi connectivity index (χ3v) is 2.49. The van der Waals surface area contributed by atoms with Crippen LogP contribution in [-0.2, 0) is 6.54 Å². The molecule has 2 aromatic rings. The summed E-state index contributed by atoms with van der Waals surface area (Å²) in [5, 5.41) is 3.36. The van der Waals surface area contributed by atoms with E-state index in [1.165, 1.54) is 5.56 Å². The first-order chi connectivity index (χ1) is 7.75. The zero-order chi connectivity index (χ0) is 11.4. The van der Waals surface area contributed by atoms with Gasteiger partial charge in [-0.1, -0.05) is 6.07 Å². The Balaban J connectivity index is 1.90. The molecule has 2 N–H and O–H groups in total. The molecule has 0 aliphatic heterocycles. The van der Waals surface area contributed by atoms with Crippen LogP contribution in [0.5, 0.6) is 0 Å². The number of rotatable bonds is 4. The molecule has 0 aromatic carbocycles. The monoisotopic (exact) mass is 216 g/mol. The second kappa shape index (κ2) is 4.90. The number of aromatic amines is 1. The summed E-state index contributed by atoms with van der Waals surface area (Å²) in [5.41, 5.74) is 2.23. The lowest BCUT2D eigenvalue weighted by atomic mass is 10.2. The summed E-state index contributed by atoms with van der Waals surface area (Å²) in [5.74, 6) is 0.951. The molecule has 2 heterocycles. The molecular formula is C12H16N4. The van der Waals surface area contributed by atoms with Crippen LogP contribution in [0.25, 0.3) is 0 Å². The summed E-state index contributed by atoms with van der Waals surface area (Å²) in [6, 6.07) is 4.32. The zero-order valence-electron chi connectivity index (χ0n) is 9.57. The fraction of sp³-hybridized carbons (Fsp3) is 0.333. The molecule has 1 atom stereocenters. The zero-order valence-corrected chi connectivity index (χ0v) is 9.57. The highest BCUT2D eigenvalue weighted by Gasteiger charge is 2.06. The van der Waals surface area contributed by atoms with E-state index in [0.29, 0.717) is 0 Å². The van der Waals surface area contributed by atoms with Crippen molar-refractivity contribution in [3.63, 3.8) is 0 Å². The molecule has 4 heteroatoms. The molecule has 0 saturated heterocycles. The molecule has 0 radical (unpaired) electrons. The van der Waals surface area contributed by atoms with Crippen LogP contribution >= 0.6 is 0 Å². The first kappa shape index (κ1) is 10.8. The normalized spacial score (nSPS) is 12.6. The molecular weight excluding hydrogens is 200 g/mol. The topological polar surface area (TPSA) is 53.6 Å². The van der Waals surface area contributed by atoms with E-state index in [4.69, 9.17) is 0 Å². The number of aryl methyl sites for hydroxylation is 1. The Morgan fingerprint density at radius 3 is 2.88 bits per heavy atom. The molecule has 0 fully saturated rings. The predicted octanol–water partition coefficient (Wildman–Crippen LogP) is 1.96. The molecule has 0 aliphatic carbocycles. The van der Waals surface area contributed by atoms with Crippen molar-refractivity contribution >= 4 is 0 Å². The summed E-state index contributed by atoms with van der Waals surface area (Å²) < 4.78 is 0. The second-order valence-corrected chi connectivity index (χ2v) is 3.90. The van der Waals surface area contributed by atoms with Crippen molar-refractivity contribution in [3.05, 3.63) is 47.8 Å². The first-order valence-corrected chi connectivity index (χ1v) is 5.40. The largest absolute Gasteiger partial charge is 0.347 e. The van der Waals surface area contributed by atoms with Crippen LogP contribution in [0, 0.1) is 6.92 Å². The van der Waals surface area contributed by atoms with Crippen LogP contribution in [0.3, 0.4) is 0 Å². The molecule has 2 aromatic heterocycles. The van der Waals surface area contributed by atoms with Crippen LogP contribution < -0.4 is 5.32 Å². The van der Waals surface area contributed by atoms with E-state index in [1.807, 2.05) is 25.4 Å². The van der Waals surface area contributed by atoms with Crippen LogP contribution in [0.4, 0.5) is 0 Å². The summed E-state index contributed by atoms with van der Waals surface area (Å²) in [7, 11) is 0. The lowest BCUT2D eigenvalue weighted by Gasteiger charge is -2.10. The fourth-order valence-electron chi connectivity index (χ4n) is 1.47. The number of hydrogen-bond acceptors (Lipinski definition) is 3. The van der Waals surface area contributed by atoms with Gasteiger partial charge in [-0.25, -0.2) is 4.98 Å². The maximum Gasteiger partial charge on any atom is 0.122 e. The van der Waals surface area contributed by atoms with Crippen molar-refractivity contribution in [1.29, 1.82) is 0 Å². The van der Waals surface area contributed by atoms with Gasteiger partial charge in [0.05, 0.1) is 11.7 Å². The van der Waals surface area contributed by atoms with Crippen molar-refractivity contribution in [1.82, 2.24) is 20.3 Å². The summed E-state index contributed by atoms with van der Waals surface area (Å²) in [6.07, 6.45) is 5.48. The van der Waals surface area contributed by atoms with Gasteiger partial charge in [-0.2, -0.15) is 0 Å². The average Bonchev–Trinajstić information content (AvgIpc) is 2.81. The molecule has 0 amide bonds. The minimum absolute atomic E-state index is 0.207. The smallest absolute Gasteiger partial charge is 0.122 e. The van der Waals surface area contributed by atoms with Crippen molar-refractivity contribution in [2.24, 2.45) is 0 Å². The van der Waals surface area contributed by atoms with Gasteiger partial charge in [-0.15, -0.1) is 0 Å². The molecule has 0 aliphatic rings. The SMILES string of the molecule is Cc1ccc(CNC(C)c2ncc[nH]2)nc1. The van der Waals surface area contributed by atoms with E-state index in [9.17, 15) is 0 Å². The van der Waals surface area contributed by atoms with Crippen LogP contribution in [0.15, 0.2) is 30.7 Å². The van der Waals surface area contributed by atoms with E-state index >= 15 is 0 Å². The maximum absolute atomic E-state index is 4.34. The molecule has 2 rings (SSSR count). The standard InChI is InChI=1S/C12H16N4/c1-9-3-4-11(16-7-9)8-15-10(2)12-13-5-6-14-12/h3-7,10,15H,8H2,1-2H3,(H,13,14). The van der Waals surface area contributed by atoms with Crippen LogP contribution in [0.2, 0.25) is 0 Å². The quantitative estimate of drug-likeness (QED) is 0.821. The Bertz CT molecular complexity index is 419. The van der Waals surface area contributed by atoms with Gasteiger partial charge in [-0.05, 0) is 25.5 Å². The Morgan fingerprint density at radius 2 is 2.25 bits per heavy atom. The number of H-pyrrole nitrogens is 1. The highest BCUT2D eigenvalue weighted by Crippen LogP contribution is 2.06. The predicted molar refractivity (Wildman–Crippen MR) is 62.8 cm³/mol. The van der Waals surface area contributed by atoms with Crippen molar-refractivity contribution in [3.8, 4) is 0 Å². The summed E-state index contributed by atoms with van der Waals surface area (Å²) in [4.78, 5) is 11.6. The van der Waals surface area contributed by atoms with Gasteiger partial charge in [-0.3, -0.25) is 4.98 Å². The van der Waals surface area contributed by atoms with Gasteiger partial charge < -0.3 is 10.3 Å². The first-order valence-electron chi connectivity index (χ1n) is 5.40. The number of nitrogens with zero attached hydrogens (tertiary/aromatic N) is 2. The third-order valence-electron chi connectivity index (χ3n) is 2.49. The molecule has 4 nitrogen and oxygen atoms in total. The number of hydrogen-bond donors (Lipinski definition) is 2. The van der Waals surface area contributed by atoms with Gasteiger partial charge in [0.15, 0.2) is 0 Å². The lowest BCUT2D eigenvalue weighted by molar-refractivity contribution is 0.545. The van der Waals surface area contributed by atoms with Crippen molar-refractivity contribution in [2.75, 3.05) is 0 Å². The third kappa shape index (κ3) is 2.67. The number of nitrogens with one attached hydrogen (secondary N) is 2. The molecule has 0 spiro atoms. The minimum Gasteiger partial charge on any atom is -0.347 e. The average molecular weight is 216 g/mol. The fourth-order valence-corrected chi connectivity index (χ4v) is 1.47. The van der Waals surface area contributed by atoms with E-state index in [1.54, 1.807) is 6.20 Å². The van der Waals surface area contributed by atoms with E-state index < -0.39 is 0 Å². The molecule has 84 valence electrons. The van der Waals surface area contributed by atoms with E-state index in [0.717, 1.165) is 18.1 Å². The van der Waals surface area contributed by atoms with E-state index in [-0.39, 0.29) is 6.04 Å². The lowest BCUT2D eigenvalue weighted by Crippen LogP contribution is -2.19. The maximum atomic E-state index is 4.34. The van der Waals surface area contributed by atoms with Gasteiger partial charge in [0.25, 0.3) is 0 Å². The second-order valence-electron chi connectivity index (χ2n) is 3.90. The Kier molecular flexibility index (Phi) is 3.31. The number of aromatic nitrogens is 3. The van der Waals surface area contributed by atoms with Gasteiger partial charge >= 0.3 is 0 Å². The highest BCUT2D eigenvalue weighted by atomic mass is 15.0.